The van der Waals surface area contributed by atoms with Crippen molar-refractivity contribution in [2.24, 2.45) is 0 Å². The number of carbonyl (C=O) groups is 1. The van der Waals surface area contributed by atoms with Crippen molar-refractivity contribution in [3.05, 3.63) is 28.2 Å². The van der Waals surface area contributed by atoms with Crippen LogP contribution in [0.1, 0.15) is 6.92 Å². The summed E-state index contributed by atoms with van der Waals surface area (Å²) in [6.07, 6.45) is 0. The lowest BCUT2D eigenvalue weighted by molar-refractivity contribution is -0.163. The van der Waals surface area contributed by atoms with Crippen LogP contribution < -0.4 is 4.74 Å². The van der Waals surface area contributed by atoms with Gasteiger partial charge in [0.05, 0.1) is 7.11 Å². The molecule has 0 aromatic heterocycles. The van der Waals surface area contributed by atoms with Gasteiger partial charge in [0.1, 0.15) is 6.61 Å². The molecule has 0 heterocycles. The first-order chi connectivity index (χ1) is 8.27. The number of rotatable bonds is 4. The summed E-state index contributed by atoms with van der Waals surface area (Å²) in [7, 11) is 1.09. The number of esters is 1. The SMILES string of the molecule is COC(=O)C(C)(O)COc1cc(Br)cc(F)c1F. The highest BCUT2D eigenvalue weighted by molar-refractivity contribution is 9.10. The Labute approximate surface area is 111 Å². The molecular formula is C11H11BrF2O4. The third kappa shape index (κ3) is 3.39. The number of methoxy groups -OCH3 is 1. The van der Waals surface area contributed by atoms with Crippen molar-refractivity contribution in [1.29, 1.82) is 0 Å². The van der Waals surface area contributed by atoms with E-state index in [9.17, 15) is 18.7 Å². The first kappa shape index (κ1) is 14.8. The van der Waals surface area contributed by atoms with Crippen molar-refractivity contribution in [2.45, 2.75) is 12.5 Å². The standard InChI is InChI=1S/C11H11BrF2O4/c1-11(16,10(15)17-2)5-18-8-4-6(12)3-7(13)9(8)14/h3-4,16H,5H2,1-2H3. The highest BCUT2D eigenvalue weighted by Crippen LogP contribution is 2.26. The van der Waals surface area contributed by atoms with E-state index in [4.69, 9.17) is 4.74 Å². The van der Waals surface area contributed by atoms with Gasteiger partial charge >= 0.3 is 5.97 Å². The molecule has 1 N–H and O–H groups in total. The molecule has 0 fully saturated rings. The maximum Gasteiger partial charge on any atom is 0.341 e. The van der Waals surface area contributed by atoms with Crippen LogP contribution >= 0.6 is 15.9 Å². The lowest BCUT2D eigenvalue weighted by Crippen LogP contribution is -2.42. The summed E-state index contributed by atoms with van der Waals surface area (Å²) in [5.74, 6) is -3.64. The Kier molecular flexibility index (Phi) is 4.64. The third-order valence-corrected chi connectivity index (χ3v) is 2.55. The van der Waals surface area contributed by atoms with Gasteiger partial charge in [-0.2, -0.15) is 4.39 Å². The zero-order valence-corrected chi connectivity index (χ0v) is 11.3. The molecule has 100 valence electrons. The molecule has 7 heteroatoms. The minimum atomic E-state index is -1.94. The molecule has 0 radical (unpaired) electrons. The Morgan fingerprint density at radius 2 is 2.11 bits per heavy atom. The van der Waals surface area contributed by atoms with Crippen LogP contribution in [0.2, 0.25) is 0 Å². The lowest BCUT2D eigenvalue weighted by atomic mass is 10.1. The van der Waals surface area contributed by atoms with Crippen LogP contribution in [0, 0.1) is 11.6 Å². The first-order valence-electron chi connectivity index (χ1n) is 4.86. The maximum atomic E-state index is 13.3. The summed E-state index contributed by atoms with van der Waals surface area (Å²) >= 11 is 2.97. The van der Waals surface area contributed by atoms with Gasteiger partial charge < -0.3 is 14.6 Å². The van der Waals surface area contributed by atoms with E-state index in [-0.39, 0.29) is 4.47 Å². The number of halogens is 3. The topological polar surface area (TPSA) is 55.8 Å². The van der Waals surface area contributed by atoms with E-state index in [1.54, 1.807) is 0 Å². The highest BCUT2D eigenvalue weighted by atomic mass is 79.9. The number of aliphatic hydroxyl groups is 1. The Balaban J connectivity index is 2.84. The summed E-state index contributed by atoms with van der Waals surface area (Å²) in [6.45, 7) is 0.581. The fraction of sp³-hybridized carbons (Fsp3) is 0.364. The summed E-state index contributed by atoms with van der Waals surface area (Å²) in [6, 6.07) is 2.12. The van der Waals surface area contributed by atoms with Crippen molar-refractivity contribution in [1.82, 2.24) is 0 Å². The molecule has 1 aromatic rings. The van der Waals surface area contributed by atoms with Crippen LogP contribution in [0.5, 0.6) is 5.75 Å². The second-order valence-electron chi connectivity index (χ2n) is 3.75. The second kappa shape index (κ2) is 5.62. The van der Waals surface area contributed by atoms with E-state index < -0.39 is 35.6 Å². The van der Waals surface area contributed by atoms with Crippen molar-refractivity contribution in [3.8, 4) is 5.75 Å². The van der Waals surface area contributed by atoms with Gasteiger partial charge in [0, 0.05) is 4.47 Å². The third-order valence-electron chi connectivity index (χ3n) is 2.09. The molecule has 0 aliphatic rings. The molecule has 1 aromatic carbocycles. The normalized spacial score (nSPS) is 13.9. The molecule has 0 bridgehead atoms. The maximum absolute atomic E-state index is 13.3. The summed E-state index contributed by atoms with van der Waals surface area (Å²) in [5.41, 5.74) is -1.94. The van der Waals surface area contributed by atoms with E-state index in [2.05, 4.69) is 20.7 Å². The van der Waals surface area contributed by atoms with Crippen LogP contribution in [0.15, 0.2) is 16.6 Å². The number of hydrogen-bond acceptors (Lipinski definition) is 4. The average Bonchev–Trinajstić information content (AvgIpc) is 2.30. The molecule has 18 heavy (non-hydrogen) atoms. The van der Waals surface area contributed by atoms with Gasteiger partial charge in [-0.3, -0.25) is 0 Å². The second-order valence-corrected chi connectivity index (χ2v) is 4.67. The van der Waals surface area contributed by atoms with Gasteiger partial charge in [0.15, 0.2) is 17.2 Å². The molecular weight excluding hydrogens is 314 g/mol. The minimum Gasteiger partial charge on any atom is -0.487 e. The van der Waals surface area contributed by atoms with Crippen LogP contribution in [-0.4, -0.2) is 30.4 Å². The van der Waals surface area contributed by atoms with E-state index in [1.165, 1.54) is 6.07 Å². The van der Waals surface area contributed by atoms with Gasteiger partial charge in [0.25, 0.3) is 0 Å². The molecule has 0 saturated carbocycles. The van der Waals surface area contributed by atoms with Crippen LogP contribution in [0.4, 0.5) is 8.78 Å². The van der Waals surface area contributed by atoms with Gasteiger partial charge in [0.2, 0.25) is 5.82 Å². The quantitative estimate of drug-likeness (QED) is 0.680. The molecule has 0 aliphatic carbocycles. The molecule has 1 unspecified atom stereocenters. The zero-order chi connectivity index (χ0) is 13.9. The molecule has 0 saturated heterocycles. The van der Waals surface area contributed by atoms with Crippen molar-refractivity contribution in [2.75, 3.05) is 13.7 Å². The van der Waals surface area contributed by atoms with Crippen molar-refractivity contribution in [3.63, 3.8) is 0 Å². The highest BCUT2D eigenvalue weighted by Gasteiger charge is 2.33. The van der Waals surface area contributed by atoms with Crippen LogP contribution in [-0.2, 0) is 9.53 Å². The number of carbonyl (C=O) groups excluding carboxylic acids is 1. The summed E-state index contributed by atoms with van der Waals surface area (Å²) in [5, 5.41) is 9.65. The largest absolute Gasteiger partial charge is 0.487 e. The molecule has 0 spiro atoms. The van der Waals surface area contributed by atoms with Gasteiger partial charge in [-0.15, -0.1) is 0 Å². The molecule has 1 atom stereocenters. The van der Waals surface area contributed by atoms with Crippen LogP contribution in [0.25, 0.3) is 0 Å². The minimum absolute atomic E-state index is 0.272. The average molecular weight is 325 g/mol. The van der Waals surface area contributed by atoms with Gasteiger partial charge in [-0.05, 0) is 19.1 Å². The Morgan fingerprint density at radius 3 is 2.67 bits per heavy atom. The fourth-order valence-corrected chi connectivity index (χ4v) is 1.54. The Bertz CT molecular complexity index is 463. The van der Waals surface area contributed by atoms with E-state index >= 15 is 0 Å². The first-order valence-corrected chi connectivity index (χ1v) is 5.65. The van der Waals surface area contributed by atoms with Gasteiger partial charge in [-0.25, -0.2) is 9.18 Å². The predicted octanol–water partition coefficient (Wildman–Crippen LogP) is 2.03. The molecule has 1 rings (SSSR count). The number of hydrogen-bond donors (Lipinski definition) is 1. The van der Waals surface area contributed by atoms with E-state index in [0.29, 0.717) is 0 Å². The number of benzene rings is 1. The zero-order valence-electron chi connectivity index (χ0n) is 9.67. The molecule has 0 amide bonds. The monoisotopic (exact) mass is 324 g/mol. The summed E-state index contributed by atoms with van der Waals surface area (Å²) < 4.78 is 35.9. The lowest BCUT2D eigenvalue weighted by Gasteiger charge is -2.20. The van der Waals surface area contributed by atoms with Crippen molar-refractivity contribution < 1.29 is 28.2 Å². The van der Waals surface area contributed by atoms with E-state index in [1.807, 2.05) is 0 Å². The number of ether oxygens (including phenoxy) is 2. The summed E-state index contributed by atoms with van der Waals surface area (Å²) in [4.78, 5) is 11.1. The predicted molar refractivity (Wildman–Crippen MR) is 62.2 cm³/mol. The fourth-order valence-electron chi connectivity index (χ4n) is 1.13. The van der Waals surface area contributed by atoms with Gasteiger partial charge in [-0.1, -0.05) is 15.9 Å². The molecule has 4 nitrogen and oxygen atoms in total. The van der Waals surface area contributed by atoms with E-state index in [0.717, 1.165) is 20.1 Å². The smallest absolute Gasteiger partial charge is 0.341 e. The molecule has 0 aliphatic heterocycles. The van der Waals surface area contributed by atoms with Crippen molar-refractivity contribution >= 4 is 21.9 Å². The Hall–Kier alpha value is -1.21. The Morgan fingerprint density at radius 1 is 1.50 bits per heavy atom. The van der Waals surface area contributed by atoms with Crippen LogP contribution in [0.3, 0.4) is 0 Å².